The van der Waals surface area contributed by atoms with E-state index in [4.69, 9.17) is 11.6 Å². The number of rotatable bonds is 4. The zero-order valence-corrected chi connectivity index (χ0v) is 9.68. The summed E-state index contributed by atoms with van der Waals surface area (Å²) in [6, 6.07) is 7.86. The van der Waals surface area contributed by atoms with Gasteiger partial charge in [0.2, 0.25) is 0 Å². The molecule has 0 aliphatic heterocycles. The Balaban J connectivity index is 1.83. The molecule has 15 heavy (non-hydrogen) atoms. The Morgan fingerprint density at radius 3 is 3.00 bits per heavy atom. The average Bonchev–Trinajstić information content (AvgIpc) is 2.71. The predicted molar refractivity (Wildman–Crippen MR) is 64.1 cm³/mol. The molecule has 2 rings (SSSR count). The fourth-order valence-electron chi connectivity index (χ4n) is 1.31. The van der Waals surface area contributed by atoms with Crippen molar-refractivity contribution in [2.45, 2.75) is 13.1 Å². The standard InChI is InChI=1S/C11H11ClN2S/c12-10-3-1-2-9(4-10)5-13-6-11-7-15-8-14-11/h1-4,7-8,13H,5-6H2. The molecule has 1 N–H and O–H groups in total. The van der Waals surface area contributed by atoms with Crippen LogP contribution < -0.4 is 5.32 Å². The van der Waals surface area contributed by atoms with Crippen molar-refractivity contribution in [3.63, 3.8) is 0 Å². The molecule has 0 radical (unpaired) electrons. The average molecular weight is 239 g/mol. The van der Waals surface area contributed by atoms with Crippen LogP contribution in [0.1, 0.15) is 11.3 Å². The molecule has 1 aromatic carbocycles. The summed E-state index contributed by atoms with van der Waals surface area (Å²) in [5, 5.41) is 6.14. The van der Waals surface area contributed by atoms with Gasteiger partial charge in [0.25, 0.3) is 0 Å². The van der Waals surface area contributed by atoms with Gasteiger partial charge in [-0.25, -0.2) is 4.98 Å². The Morgan fingerprint density at radius 2 is 2.27 bits per heavy atom. The van der Waals surface area contributed by atoms with Crippen LogP contribution in [-0.2, 0) is 13.1 Å². The maximum absolute atomic E-state index is 5.88. The fourth-order valence-corrected chi connectivity index (χ4v) is 2.08. The molecule has 0 bridgehead atoms. The number of hydrogen-bond donors (Lipinski definition) is 1. The van der Waals surface area contributed by atoms with E-state index >= 15 is 0 Å². The summed E-state index contributed by atoms with van der Waals surface area (Å²) in [6.45, 7) is 1.62. The largest absolute Gasteiger partial charge is 0.307 e. The van der Waals surface area contributed by atoms with Gasteiger partial charge in [-0.05, 0) is 17.7 Å². The van der Waals surface area contributed by atoms with E-state index in [0.717, 1.165) is 23.8 Å². The van der Waals surface area contributed by atoms with Crippen LogP contribution in [0.15, 0.2) is 35.2 Å². The van der Waals surface area contributed by atoms with Gasteiger partial charge in [0.15, 0.2) is 0 Å². The first-order valence-electron chi connectivity index (χ1n) is 4.67. The zero-order chi connectivity index (χ0) is 10.5. The van der Waals surface area contributed by atoms with E-state index in [1.807, 2.05) is 29.1 Å². The van der Waals surface area contributed by atoms with Crippen LogP contribution in [0.5, 0.6) is 0 Å². The minimum Gasteiger partial charge on any atom is -0.307 e. The smallest absolute Gasteiger partial charge is 0.0795 e. The molecule has 0 aliphatic carbocycles. The Morgan fingerprint density at radius 1 is 1.33 bits per heavy atom. The van der Waals surface area contributed by atoms with Crippen molar-refractivity contribution >= 4 is 22.9 Å². The maximum Gasteiger partial charge on any atom is 0.0795 e. The van der Waals surface area contributed by atoms with E-state index in [1.54, 1.807) is 11.3 Å². The third kappa shape index (κ3) is 3.30. The summed E-state index contributed by atoms with van der Waals surface area (Å²) in [6.07, 6.45) is 0. The maximum atomic E-state index is 5.88. The molecular formula is C11H11ClN2S. The van der Waals surface area contributed by atoms with Gasteiger partial charge in [-0.3, -0.25) is 0 Å². The van der Waals surface area contributed by atoms with Crippen molar-refractivity contribution in [1.29, 1.82) is 0 Å². The normalized spacial score (nSPS) is 10.5. The summed E-state index contributed by atoms with van der Waals surface area (Å²) in [5.74, 6) is 0. The number of halogens is 1. The van der Waals surface area contributed by atoms with Gasteiger partial charge in [-0.15, -0.1) is 11.3 Å². The molecule has 0 amide bonds. The molecule has 0 unspecified atom stereocenters. The second kappa shape index (κ2) is 5.26. The van der Waals surface area contributed by atoms with Gasteiger partial charge in [0.05, 0.1) is 11.2 Å². The quantitative estimate of drug-likeness (QED) is 0.886. The van der Waals surface area contributed by atoms with Crippen molar-refractivity contribution in [3.05, 3.63) is 51.4 Å². The van der Waals surface area contributed by atoms with Crippen molar-refractivity contribution < 1.29 is 0 Å². The Hall–Kier alpha value is -0.900. The van der Waals surface area contributed by atoms with Gasteiger partial charge in [-0.2, -0.15) is 0 Å². The van der Waals surface area contributed by atoms with E-state index in [1.165, 1.54) is 5.56 Å². The number of hydrogen-bond acceptors (Lipinski definition) is 3. The van der Waals surface area contributed by atoms with E-state index in [-0.39, 0.29) is 0 Å². The van der Waals surface area contributed by atoms with E-state index in [0.29, 0.717) is 0 Å². The molecule has 0 spiro atoms. The SMILES string of the molecule is Clc1cccc(CNCc2cscn2)c1. The van der Waals surface area contributed by atoms with Gasteiger partial charge in [0, 0.05) is 23.5 Å². The first kappa shape index (κ1) is 10.6. The molecule has 2 aromatic rings. The van der Waals surface area contributed by atoms with Gasteiger partial charge in [-0.1, -0.05) is 23.7 Å². The number of thiazole rings is 1. The lowest BCUT2D eigenvalue weighted by atomic mass is 10.2. The molecule has 1 heterocycles. The van der Waals surface area contributed by atoms with Crippen LogP contribution in [0.4, 0.5) is 0 Å². The lowest BCUT2D eigenvalue weighted by molar-refractivity contribution is 0.683. The molecule has 1 aromatic heterocycles. The van der Waals surface area contributed by atoms with Crippen molar-refractivity contribution in [2.75, 3.05) is 0 Å². The third-order valence-electron chi connectivity index (χ3n) is 2.01. The summed E-state index contributed by atoms with van der Waals surface area (Å²) in [7, 11) is 0. The molecular weight excluding hydrogens is 228 g/mol. The number of nitrogens with one attached hydrogen (secondary N) is 1. The second-order valence-corrected chi connectivity index (χ2v) is 4.37. The highest BCUT2D eigenvalue weighted by atomic mass is 35.5. The van der Waals surface area contributed by atoms with Crippen LogP contribution in [0, 0.1) is 0 Å². The highest BCUT2D eigenvalue weighted by molar-refractivity contribution is 7.07. The molecule has 0 fully saturated rings. The first-order chi connectivity index (χ1) is 7.34. The second-order valence-electron chi connectivity index (χ2n) is 3.21. The molecule has 0 saturated heterocycles. The van der Waals surface area contributed by atoms with Crippen LogP contribution in [-0.4, -0.2) is 4.98 Å². The molecule has 78 valence electrons. The monoisotopic (exact) mass is 238 g/mol. The van der Waals surface area contributed by atoms with Crippen LogP contribution >= 0.6 is 22.9 Å². The number of nitrogens with zero attached hydrogens (tertiary/aromatic N) is 1. The molecule has 0 aliphatic rings. The fraction of sp³-hybridized carbons (Fsp3) is 0.182. The molecule has 4 heteroatoms. The molecule has 0 saturated carbocycles. The van der Waals surface area contributed by atoms with E-state index in [9.17, 15) is 0 Å². The van der Waals surface area contributed by atoms with Gasteiger partial charge in [0.1, 0.15) is 0 Å². The minimum atomic E-state index is 0.781. The topological polar surface area (TPSA) is 24.9 Å². The minimum absolute atomic E-state index is 0.781. The summed E-state index contributed by atoms with van der Waals surface area (Å²) in [4.78, 5) is 4.19. The Labute approximate surface area is 97.9 Å². The lowest BCUT2D eigenvalue weighted by Gasteiger charge is -2.03. The molecule has 0 atom stereocenters. The van der Waals surface area contributed by atoms with Gasteiger partial charge >= 0.3 is 0 Å². The van der Waals surface area contributed by atoms with E-state index < -0.39 is 0 Å². The van der Waals surface area contributed by atoms with Crippen molar-refractivity contribution in [3.8, 4) is 0 Å². The summed E-state index contributed by atoms with van der Waals surface area (Å²) >= 11 is 7.50. The number of benzene rings is 1. The van der Waals surface area contributed by atoms with Crippen molar-refractivity contribution in [2.24, 2.45) is 0 Å². The Bertz CT molecular complexity index is 414. The van der Waals surface area contributed by atoms with Crippen LogP contribution in [0.25, 0.3) is 0 Å². The summed E-state index contributed by atoms with van der Waals surface area (Å²) in [5.41, 5.74) is 4.12. The van der Waals surface area contributed by atoms with Gasteiger partial charge < -0.3 is 5.32 Å². The predicted octanol–water partition coefficient (Wildman–Crippen LogP) is 3.09. The third-order valence-corrected chi connectivity index (χ3v) is 2.88. The van der Waals surface area contributed by atoms with Crippen LogP contribution in [0.3, 0.4) is 0 Å². The first-order valence-corrected chi connectivity index (χ1v) is 5.99. The highest BCUT2D eigenvalue weighted by Gasteiger charge is 1.96. The van der Waals surface area contributed by atoms with Crippen LogP contribution in [0.2, 0.25) is 5.02 Å². The lowest BCUT2D eigenvalue weighted by Crippen LogP contribution is -2.12. The highest BCUT2D eigenvalue weighted by Crippen LogP contribution is 2.10. The zero-order valence-electron chi connectivity index (χ0n) is 8.11. The number of aromatic nitrogens is 1. The van der Waals surface area contributed by atoms with Crippen molar-refractivity contribution in [1.82, 2.24) is 10.3 Å². The van der Waals surface area contributed by atoms with E-state index in [2.05, 4.69) is 16.4 Å². The summed E-state index contributed by atoms with van der Waals surface area (Å²) < 4.78 is 0. The molecule has 2 nitrogen and oxygen atoms in total. The Kier molecular flexibility index (Phi) is 3.72.